The molecule has 2 rings (SSSR count). The Morgan fingerprint density at radius 1 is 1.15 bits per heavy atom. The predicted octanol–water partition coefficient (Wildman–Crippen LogP) is 5.54. The third-order valence-electron chi connectivity index (χ3n) is 3.85. The first-order chi connectivity index (χ1) is 9.54. The first-order valence-electron chi connectivity index (χ1n) is 7.67. The quantitative estimate of drug-likeness (QED) is 0.655. The second kappa shape index (κ2) is 7.12. The van der Waals surface area contributed by atoms with E-state index in [1.807, 2.05) is 18.2 Å². The summed E-state index contributed by atoms with van der Waals surface area (Å²) < 4.78 is 2.06. The lowest BCUT2D eigenvalue weighted by atomic mass is 9.97. The first-order valence-corrected chi connectivity index (χ1v) is 8.05. The summed E-state index contributed by atoms with van der Waals surface area (Å²) in [6.45, 7) is 7.94. The fraction of sp³-hybridized carbons (Fsp3) is 0.588. The van der Waals surface area contributed by atoms with Gasteiger partial charge in [0.1, 0.15) is 0 Å². The Morgan fingerprint density at radius 3 is 2.70 bits per heavy atom. The number of rotatable bonds is 7. The predicted molar refractivity (Wildman–Crippen MR) is 87.2 cm³/mol. The van der Waals surface area contributed by atoms with Crippen molar-refractivity contribution < 1.29 is 0 Å². The summed E-state index contributed by atoms with van der Waals surface area (Å²) in [5.41, 5.74) is 0.991. The van der Waals surface area contributed by atoms with E-state index in [4.69, 9.17) is 11.6 Å². The molecular weight excluding hydrogens is 268 g/mol. The zero-order valence-electron chi connectivity index (χ0n) is 12.8. The molecule has 3 heteroatoms. The summed E-state index contributed by atoms with van der Waals surface area (Å²) in [5.74, 6) is 1.59. The van der Waals surface area contributed by atoms with Gasteiger partial charge in [0.15, 0.2) is 0 Å². The molecule has 0 aliphatic heterocycles. The van der Waals surface area contributed by atoms with Gasteiger partial charge in [-0.2, -0.15) is 5.10 Å². The second-order valence-electron chi connectivity index (χ2n) is 6.31. The second-order valence-corrected chi connectivity index (χ2v) is 6.75. The molecule has 0 saturated carbocycles. The molecule has 0 N–H and O–H groups in total. The smallest absolute Gasteiger partial charge is 0.0938 e. The summed E-state index contributed by atoms with van der Waals surface area (Å²) in [4.78, 5) is 0. The van der Waals surface area contributed by atoms with Gasteiger partial charge in [0.05, 0.1) is 5.52 Å². The van der Waals surface area contributed by atoms with Crippen molar-refractivity contribution in [2.24, 2.45) is 11.8 Å². The number of aryl methyl sites for hydroxylation is 1. The van der Waals surface area contributed by atoms with Crippen LogP contribution in [0.3, 0.4) is 0 Å². The molecule has 0 radical (unpaired) electrons. The van der Waals surface area contributed by atoms with Crippen molar-refractivity contribution in [3.63, 3.8) is 0 Å². The molecule has 1 heterocycles. The zero-order chi connectivity index (χ0) is 14.5. The SMILES string of the molecule is CC(C)CCCC(C)CCn1cc2ccc(Cl)cc2n1. The highest BCUT2D eigenvalue weighted by molar-refractivity contribution is 6.31. The maximum absolute atomic E-state index is 5.99. The lowest BCUT2D eigenvalue weighted by Crippen LogP contribution is -2.04. The van der Waals surface area contributed by atoms with Crippen molar-refractivity contribution in [2.45, 2.75) is 53.0 Å². The molecule has 110 valence electrons. The van der Waals surface area contributed by atoms with Gasteiger partial charge in [0.25, 0.3) is 0 Å². The van der Waals surface area contributed by atoms with Gasteiger partial charge < -0.3 is 0 Å². The first kappa shape index (κ1) is 15.4. The highest BCUT2D eigenvalue weighted by atomic mass is 35.5. The largest absolute Gasteiger partial charge is 0.272 e. The van der Waals surface area contributed by atoms with Gasteiger partial charge >= 0.3 is 0 Å². The van der Waals surface area contributed by atoms with Crippen molar-refractivity contribution in [1.29, 1.82) is 0 Å². The molecule has 20 heavy (non-hydrogen) atoms. The van der Waals surface area contributed by atoms with Gasteiger partial charge in [-0.1, -0.05) is 51.6 Å². The van der Waals surface area contributed by atoms with Crippen molar-refractivity contribution in [3.8, 4) is 0 Å². The molecule has 0 spiro atoms. The van der Waals surface area contributed by atoms with Crippen LogP contribution in [0.5, 0.6) is 0 Å². The minimum atomic E-state index is 0.754. The summed E-state index contributed by atoms with van der Waals surface area (Å²) in [6.07, 6.45) is 7.32. The Morgan fingerprint density at radius 2 is 1.95 bits per heavy atom. The molecule has 1 aromatic heterocycles. The van der Waals surface area contributed by atoms with E-state index < -0.39 is 0 Å². The molecule has 1 aromatic carbocycles. The lowest BCUT2D eigenvalue weighted by Gasteiger charge is -2.12. The van der Waals surface area contributed by atoms with E-state index in [1.165, 1.54) is 31.1 Å². The third kappa shape index (κ3) is 4.52. The summed E-state index contributed by atoms with van der Waals surface area (Å²) in [6, 6.07) is 5.89. The normalized spacial score (nSPS) is 13.2. The fourth-order valence-corrected chi connectivity index (χ4v) is 2.69. The molecule has 0 aliphatic rings. The van der Waals surface area contributed by atoms with Crippen LogP contribution in [-0.4, -0.2) is 9.78 Å². The monoisotopic (exact) mass is 292 g/mol. The maximum Gasteiger partial charge on any atom is 0.0938 e. The van der Waals surface area contributed by atoms with Crippen molar-refractivity contribution in [2.75, 3.05) is 0 Å². The molecule has 0 fully saturated rings. The van der Waals surface area contributed by atoms with E-state index in [0.717, 1.165) is 28.9 Å². The average molecular weight is 293 g/mol. The standard InChI is InChI=1S/C17H25ClN2/c1-13(2)5-4-6-14(3)9-10-20-12-15-7-8-16(18)11-17(15)19-20/h7-8,11-14H,4-6,9-10H2,1-3H3. The number of aromatic nitrogens is 2. The van der Waals surface area contributed by atoms with E-state index in [0.29, 0.717) is 0 Å². The Kier molecular flexibility index (Phi) is 5.47. The van der Waals surface area contributed by atoms with Gasteiger partial charge in [-0.05, 0) is 36.5 Å². The molecule has 0 aliphatic carbocycles. The Bertz CT molecular complexity index is 545. The molecular formula is C17H25ClN2. The van der Waals surface area contributed by atoms with Crippen LogP contribution < -0.4 is 0 Å². The summed E-state index contributed by atoms with van der Waals surface area (Å²) >= 11 is 5.99. The van der Waals surface area contributed by atoms with E-state index in [1.54, 1.807) is 0 Å². The minimum absolute atomic E-state index is 0.754. The van der Waals surface area contributed by atoms with Crippen LogP contribution in [0.15, 0.2) is 24.4 Å². The van der Waals surface area contributed by atoms with Crippen LogP contribution in [0.1, 0.15) is 46.5 Å². The van der Waals surface area contributed by atoms with Crippen molar-refractivity contribution in [3.05, 3.63) is 29.4 Å². The summed E-state index contributed by atoms with van der Waals surface area (Å²) in [5, 5.41) is 6.51. The van der Waals surface area contributed by atoms with Gasteiger partial charge in [-0.25, -0.2) is 0 Å². The average Bonchev–Trinajstić information content (AvgIpc) is 2.77. The molecule has 2 nitrogen and oxygen atoms in total. The Hall–Kier alpha value is -1.02. The molecule has 1 atom stereocenters. The number of hydrogen-bond donors (Lipinski definition) is 0. The van der Waals surface area contributed by atoms with Crippen LogP contribution >= 0.6 is 11.6 Å². The van der Waals surface area contributed by atoms with Gasteiger partial charge in [-0.15, -0.1) is 0 Å². The Balaban J connectivity index is 1.83. The van der Waals surface area contributed by atoms with Crippen molar-refractivity contribution >= 4 is 22.5 Å². The number of nitrogens with zero attached hydrogens (tertiary/aromatic N) is 2. The molecule has 0 bridgehead atoms. The number of fused-ring (bicyclic) bond motifs is 1. The van der Waals surface area contributed by atoms with Crippen LogP contribution in [0.25, 0.3) is 10.9 Å². The van der Waals surface area contributed by atoms with Crippen LogP contribution in [-0.2, 0) is 6.54 Å². The highest BCUT2D eigenvalue weighted by Gasteiger charge is 2.06. The van der Waals surface area contributed by atoms with Gasteiger partial charge in [-0.3, -0.25) is 4.68 Å². The van der Waals surface area contributed by atoms with Crippen LogP contribution in [0, 0.1) is 11.8 Å². The molecule has 0 saturated heterocycles. The van der Waals surface area contributed by atoms with Gasteiger partial charge in [0.2, 0.25) is 0 Å². The topological polar surface area (TPSA) is 17.8 Å². The Labute approximate surface area is 127 Å². The molecule has 2 aromatic rings. The summed E-state index contributed by atoms with van der Waals surface area (Å²) in [7, 11) is 0. The van der Waals surface area contributed by atoms with Crippen LogP contribution in [0.4, 0.5) is 0 Å². The lowest BCUT2D eigenvalue weighted by molar-refractivity contribution is 0.405. The number of benzene rings is 1. The molecule has 1 unspecified atom stereocenters. The van der Waals surface area contributed by atoms with E-state index in [-0.39, 0.29) is 0 Å². The highest BCUT2D eigenvalue weighted by Crippen LogP contribution is 2.19. The molecule has 0 amide bonds. The minimum Gasteiger partial charge on any atom is -0.272 e. The zero-order valence-corrected chi connectivity index (χ0v) is 13.5. The van der Waals surface area contributed by atoms with E-state index >= 15 is 0 Å². The fourth-order valence-electron chi connectivity index (χ4n) is 2.53. The maximum atomic E-state index is 5.99. The van der Waals surface area contributed by atoms with E-state index in [2.05, 4.69) is 36.7 Å². The van der Waals surface area contributed by atoms with Crippen LogP contribution in [0.2, 0.25) is 5.02 Å². The van der Waals surface area contributed by atoms with Crippen molar-refractivity contribution in [1.82, 2.24) is 9.78 Å². The number of hydrogen-bond acceptors (Lipinski definition) is 1. The third-order valence-corrected chi connectivity index (χ3v) is 4.08. The van der Waals surface area contributed by atoms with Gasteiger partial charge in [0, 0.05) is 23.2 Å². The van der Waals surface area contributed by atoms with E-state index in [9.17, 15) is 0 Å². The number of halogens is 1.